The molecule has 0 bridgehead atoms. The van der Waals surface area contributed by atoms with Crippen LogP contribution < -0.4 is 5.32 Å². The van der Waals surface area contributed by atoms with Crippen LogP contribution in [0.25, 0.3) is 0 Å². The number of rotatable bonds is 9. The molecule has 1 aliphatic rings. The molecule has 2 nitrogen and oxygen atoms in total. The van der Waals surface area contributed by atoms with E-state index in [2.05, 4.69) is 37.9 Å². The van der Waals surface area contributed by atoms with Gasteiger partial charge >= 0.3 is 0 Å². The number of nitrogens with zero attached hydrogens (tertiary/aromatic N) is 1. The first-order valence-corrected chi connectivity index (χ1v) is 7.04. The molecule has 0 aromatic carbocycles. The van der Waals surface area contributed by atoms with Crippen LogP contribution in [0.3, 0.4) is 0 Å². The summed E-state index contributed by atoms with van der Waals surface area (Å²) in [6.07, 6.45) is 4.22. The Morgan fingerprint density at radius 1 is 1.12 bits per heavy atom. The quantitative estimate of drug-likeness (QED) is 0.608. The fraction of sp³-hybridized carbons (Fsp3) is 1.00. The largest absolute Gasteiger partial charge is 0.315 e. The van der Waals surface area contributed by atoms with Crippen LogP contribution in [-0.4, -0.2) is 37.1 Å². The van der Waals surface area contributed by atoms with Gasteiger partial charge in [-0.3, -0.25) is 4.90 Å². The molecule has 1 fully saturated rings. The van der Waals surface area contributed by atoms with Crippen LogP contribution in [-0.2, 0) is 0 Å². The van der Waals surface area contributed by atoms with Crippen molar-refractivity contribution in [3.05, 3.63) is 0 Å². The van der Waals surface area contributed by atoms with E-state index >= 15 is 0 Å². The highest BCUT2D eigenvalue weighted by Crippen LogP contribution is 2.30. The van der Waals surface area contributed by atoms with Crippen LogP contribution in [0.15, 0.2) is 0 Å². The highest BCUT2D eigenvalue weighted by atomic mass is 15.2. The number of hydrogen-bond donors (Lipinski definition) is 1. The van der Waals surface area contributed by atoms with Gasteiger partial charge in [0.1, 0.15) is 0 Å². The SMILES string of the molecule is CC(C)CCNCCN(CC1CC1)C(C)C. The van der Waals surface area contributed by atoms with E-state index in [1.165, 1.54) is 38.9 Å². The van der Waals surface area contributed by atoms with E-state index in [1.807, 2.05) is 0 Å². The van der Waals surface area contributed by atoms with E-state index in [1.54, 1.807) is 0 Å². The van der Waals surface area contributed by atoms with Gasteiger partial charge in [-0.05, 0) is 51.5 Å². The van der Waals surface area contributed by atoms with Crippen molar-refractivity contribution in [2.24, 2.45) is 11.8 Å². The Balaban J connectivity index is 2.02. The smallest absolute Gasteiger partial charge is 0.0110 e. The van der Waals surface area contributed by atoms with E-state index in [9.17, 15) is 0 Å². The molecule has 2 heteroatoms. The van der Waals surface area contributed by atoms with Crippen LogP contribution in [0.2, 0.25) is 0 Å². The van der Waals surface area contributed by atoms with Crippen LogP contribution in [0.1, 0.15) is 47.0 Å². The maximum atomic E-state index is 3.55. The van der Waals surface area contributed by atoms with Crippen molar-refractivity contribution in [1.82, 2.24) is 10.2 Å². The zero-order valence-electron chi connectivity index (χ0n) is 11.6. The van der Waals surface area contributed by atoms with Gasteiger partial charge in [0.05, 0.1) is 0 Å². The monoisotopic (exact) mass is 226 g/mol. The topological polar surface area (TPSA) is 15.3 Å². The van der Waals surface area contributed by atoms with Gasteiger partial charge in [-0.15, -0.1) is 0 Å². The molecule has 0 spiro atoms. The van der Waals surface area contributed by atoms with E-state index in [-0.39, 0.29) is 0 Å². The minimum atomic E-state index is 0.701. The van der Waals surface area contributed by atoms with E-state index in [0.29, 0.717) is 6.04 Å². The van der Waals surface area contributed by atoms with Crippen LogP contribution in [0.5, 0.6) is 0 Å². The van der Waals surface area contributed by atoms with E-state index in [4.69, 9.17) is 0 Å². The van der Waals surface area contributed by atoms with Crippen molar-refractivity contribution >= 4 is 0 Å². The summed E-state index contributed by atoms with van der Waals surface area (Å²) >= 11 is 0. The zero-order chi connectivity index (χ0) is 12.0. The van der Waals surface area contributed by atoms with E-state index in [0.717, 1.165) is 18.4 Å². The third-order valence-corrected chi connectivity index (χ3v) is 3.39. The molecular formula is C14H30N2. The van der Waals surface area contributed by atoms with Gasteiger partial charge < -0.3 is 5.32 Å². The predicted octanol–water partition coefficient (Wildman–Crippen LogP) is 2.74. The van der Waals surface area contributed by atoms with Gasteiger partial charge in [0.2, 0.25) is 0 Å². The van der Waals surface area contributed by atoms with Gasteiger partial charge in [0.15, 0.2) is 0 Å². The molecule has 0 heterocycles. The Bertz CT molecular complexity index is 174. The molecule has 0 amide bonds. The third-order valence-electron chi connectivity index (χ3n) is 3.39. The van der Waals surface area contributed by atoms with Crippen LogP contribution >= 0.6 is 0 Å². The molecule has 1 saturated carbocycles. The lowest BCUT2D eigenvalue weighted by Crippen LogP contribution is -2.38. The van der Waals surface area contributed by atoms with Gasteiger partial charge in [-0.2, -0.15) is 0 Å². The highest BCUT2D eigenvalue weighted by molar-refractivity contribution is 4.79. The molecule has 0 radical (unpaired) electrons. The molecule has 0 aromatic rings. The van der Waals surface area contributed by atoms with Crippen molar-refractivity contribution in [1.29, 1.82) is 0 Å². The van der Waals surface area contributed by atoms with Crippen molar-refractivity contribution in [2.45, 2.75) is 53.0 Å². The molecule has 1 N–H and O–H groups in total. The fourth-order valence-electron chi connectivity index (χ4n) is 1.93. The summed E-state index contributed by atoms with van der Waals surface area (Å²) < 4.78 is 0. The zero-order valence-corrected chi connectivity index (χ0v) is 11.6. The van der Waals surface area contributed by atoms with E-state index < -0.39 is 0 Å². The van der Waals surface area contributed by atoms with Gasteiger partial charge in [-0.25, -0.2) is 0 Å². The molecule has 1 rings (SSSR count). The molecule has 0 saturated heterocycles. The Hall–Kier alpha value is -0.0800. The summed E-state index contributed by atoms with van der Waals surface area (Å²) in [4.78, 5) is 2.63. The van der Waals surface area contributed by atoms with Crippen molar-refractivity contribution in [2.75, 3.05) is 26.2 Å². The van der Waals surface area contributed by atoms with Crippen LogP contribution in [0.4, 0.5) is 0 Å². The Morgan fingerprint density at radius 2 is 1.81 bits per heavy atom. The molecular weight excluding hydrogens is 196 g/mol. The Morgan fingerprint density at radius 3 is 2.31 bits per heavy atom. The number of hydrogen-bond acceptors (Lipinski definition) is 2. The predicted molar refractivity (Wildman–Crippen MR) is 71.8 cm³/mol. The van der Waals surface area contributed by atoms with Crippen molar-refractivity contribution in [3.63, 3.8) is 0 Å². The minimum Gasteiger partial charge on any atom is -0.315 e. The van der Waals surface area contributed by atoms with Crippen molar-refractivity contribution in [3.8, 4) is 0 Å². The Kier molecular flexibility index (Phi) is 6.37. The van der Waals surface area contributed by atoms with Gasteiger partial charge in [0, 0.05) is 25.7 Å². The first-order chi connectivity index (χ1) is 7.59. The second-order valence-electron chi connectivity index (χ2n) is 5.96. The van der Waals surface area contributed by atoms with Crippen LogP contribution in [0, 0.1) is 11.8 Å². The summed E-state index contributed by atoms with van der Waals surface area (Å²) in [5.74, 6) is 1.83. The second kappa shape index (κ2) is 7.29. The highest BCUT2D eigenvalue weighted by Gasteiger charge is 2.24. The molecule has 16 heavy (non-hydrogen) atoms. The molecule has 1 aliphatic carbocycles. The minimum absolute atomic E-state index is 0.701. The maximum Gasteiger partial charge on any atom is 0.0110 e. The lowest BCUT2D eigenvalue weighted by molar-refractivity contribution is 0.212. The average Bonchev–Trinajstić information content (AvgIpc) is 2.98. The van der Waals surface area contributed by atoms with Gasteiger partial charge in [0.25, 0.3) is 0 Å². The molecule has 0 unspecified atom stereocenters. The third kappa shape index (κ3) is 6.49. The summed E-state index contributed by atoms with van der Waals surface area (Å²) in [5, 5.41) is 3.55. The normalized spacial score (nSPS) is 16.7. The Labute approximate surface area is 102 Å². The lowest BCUT2D eigenvalue weighted by atomic mass is 10.1. The first kappa shape index (κ1) is 14.0. The summed E-state index contributed by atoms with van der Waals surface area (Å²) in [5.41, 5.74) is 0. The molecule has 0 atom stereocenters. The lowest BCUT2D eigenvalue weighted by Gasteiger charge is -2.26. The molecule has 96 valence electrons. The maximum absolute atomic E-state index is 3.55. The summed E-state index contributed by atoms with van der Waals surface area (Å²) in [7, 11) is 0. The van der Waals surface area contributed by atoms with Gasteiger partial charge in [-0.1, -0.05) is 13.8 Å². The second-order valence-corrected chi connectivity index (χ2v) is 5.96. The average molecular weight is 226 g/mol. The standard InChI is InChI=1S/C14H30N2/c1-12(2)7-8-15-9-10-16(13(3)4)11-14-5-6-14/h12-15H,5-11H2,1-4H3. The fourth-order valence-corrected chi connectivity index (χ4v) is 1.93. The van der Waals surface area contributed by atoms with Crippen molar-refractivity contribution < 1.29 is 0 Å². The molecule has 0 aliphatic heterocycles. The number of nitrogens with one attached hydrogen (secondary N) is 1. The summed E-state index contributed by atoms with van der Waals surface area (Å²) in [6.45, 7) is 14.1. The summed E-state index contributed by atoms with van der Waals surface area (Å²) in [6, 6.07) is 0.701. The first-order valence-electron chi connectivity index (χ1n) is 7.04. The molecule has 0 aromatic heterocycles.